The molecule has 0 saturated heterocycles. The van der Waals surface area contributed by atoms with Gasteiger partial charge in [0.05, 0.1) is 12.1 Å². The fraction of sp³-hybridized carbons (Fsp3) is 0.593. The average Bonchev–Trinajstić information content (AvgIpc) is 3.31. The predicted molar refractivity (Wildman–Crippen MR) is 134 cm³/mol. The van der Waals surface area contributed by atoms with Gasteiger partial charge in [-0.1, -0.05) is 70.0 Å². The minimum absolute atomic E-state index is 0.0151. The van der Waals surface area contributed by atoms with Crippen LogP contribution in [0.4, 0.5) is 0 Å². The summed E-state index contributed by atoms with van der Waals surface area (Å²) in [5.74, 6) is -1.40. The predicted octanol–water partition coefficient (Wildman–Crippen LogP) is 3.50. The third-order valence-corrected chi connectivity index (χ3v) is 7.21. The van der Waals surface area contributed by atoms with Gasteiger partial charge >= 0.3 is 5.97 Å². The molecule has 0 aromatic heterocycles. The molecule has 2 rings (SSSR count). The largest absolute Gasteiger partial charge is 0.478 e. The lowest BCUT2D eigenvalue weighted by atomic mass is 9.72. The minimum atomic E-state index is -1.01. The van der Waals surface area contributed by atoms with Crippen LogP contribution >= 0.6 is 0 Å². The second kappa shape index (κ2) is 12.2. The highest BCUT2D eigenvalue weighted by atomic mass is 16.4. The summed E-state index contributed by atoms with van der Waals surface area (Å²) >= 11 is 0. The number of carbonyl (C=O) groups excluding carboxylic acids is 2. The molecule has 1 aromatic rings. The maximum Gasteiger partial charge on any atom is 0.331 e. The first-order chi connectivity index (χ1) is 16.1. The van der Waals surface area contributed by atoms with Gasteiger partial charge in [-0.3, -0.25) is 9.59 Å². The second-order valence-electron chi connectivity index (χ2n) is 9.76. The number of carboxylic acids is 1. The highest BCUT2D eigenvalue weighted by Gasteiger charge is 2.46. The molecule has 1 aromatic carbocycles. The van der Waals surface area contributed by atoms with Gasteiger partial charge in [-0.15, -0.1) is 0 Å². The van der Waals surface area contributed by atoms with Crippen molar-refractivity contribution in [3.05, 3.63) is 47.5 Å². The van der Waals surface area contributed by atoms with Crippen LogP contribution in [-0.4, -0.2) is 60.0 Å². The minimum Gasteiger partial charge on any atom is -0.478 e. The summed E-state index contributed by atoms with van der Waals surface area (Å²) in [6.45, 7) is 7.29. The normalized spacial score (nSPS) is 18.3. The van der Waals surface area contributed by atoms with E-state index >= 15 is 0 Å². The fourth-order valence-corrected chi connectivity index (χ4v) is 5.24. The number of carbonyl (C=O) groups is 3. The number of likely N-dealkylation sites (N-methyl/N-ethyl adjacent to an activating group) is 2. The fourth-order valence-electron chi connectivity index (χ4n) is 5.24. The van der Waals surface area contributed by atoms with Crippen molar-refractivity contribution in [1.29, 1.82) is 0 Å². The van der Waals surface area contributed by atoms with Gasteiger partial charge in [0.25, 0.3) is 0 Å². The molecule has 0 spiro atoms. The van der Waals surface area contributed by atoms with E-state index < -0.39 is 18.1 Å². The Kier molecular flexibility index (Phi) is 9.86. The zero-order valence-corrected chi connectivity index (χ0v) is 21.4. The average molecular weight is 472 g/mol. The Labute approximate surface area is 204 Å². The highest BCUT2D eigenvalue weighted by Crippen LogP contribution is 2.44. The van der Waals surface area contributed by atoms with E-state index in [1.807, 2.05) is 39.0 Å². The molecule has 0 bridgehead atoms. The van der Waals surface area contributed by atoms with Gasteiger partial charge in [0.1, 0.15) is 6.04 Å². The van der Waals surface area contributed by atoms with Crippen LogP contribution in [0.5, 0.6) is 0 Å². The smallest absolute Gasteiger partial charge is 0.331 e. The molecule has 1 fully saturated rings. The van der Waals surface area contributed by atoms with Gasteiger partial charge in [-0.2, -0.15) is 0 Å². The molecule has 3 atom stereocenters. The molecule has 0 aliphatic heterocycles. The van der Waals surface area contributed by atoms with E-state index in [4.69, 9.17) is 0 Å². The molecule has 1 saturated carbocycles. The SMILES string of the molecule is CC[C@H](NC(=O)C(NC)C1(c2ccccc2)CCCC1)C(=O)N(C)[C@H](/C=C(\C)C(=O)O)C(C)C. The Morgan fingerprint density at radius 2 is 1.74 bits per heavy atom. The summed E-state index contributed by atoms with van der Waals surface area (Å²) in [4.78, 5) is 39.9. The third kappa shape index (κ3) is 6.06. The number of benzene rings is 1. The maximum atomic E-state index is 13.6. The van der Waals surface area contributed by atoms with Gasteiger partial charge in [0.15, 0.2) is 0 Å². The standard InChI is InChI=1S/C27H41N3O4/c1-7-21(25(32)30(6)22(18(2)3)17-19(4)26(33)34)29-24(31)23(28-5)27(15-11-12-16-27)20-13-9-8-10-14-20/h8-10,13-14,17-18,21-23,28H,7,11-12,15-16H2,1-6H3,(H,29,31)(H,33,34)/b19-17+/t21-,22+,23?/m0/s1. The Hall–Kier alpha value is -2.67. The number of aliphatic carboxylic acids is 1. The molecule has 188 valence electrons. The molecule has 1 aliphatic carbocycles. The van der Waals surface area contributed by atoms with E-state index in [1.54, 1.807) is 25.1 Å². The zero-order valence-electron chi connectivity index (χ0n) is 21.4. The van der Waals surface area contributed by atoms with Gasteiger partial charge in [0.2, 0.25) is 11.8 Å². The molecule has 1 unspecified atom stereocenters. The number of nitrogens with one attached hydrogen (secondary N) is 2. The number of hydrogen-bond acceptors (Lipinski definition) is 4. The lowest BCUT2D eigenvalue weighted by Gasteiger charge is -2.38. The lowest BCUT2D eigenvalue weighted by Crippen LogP contribution is -2.59. The molecule has 2 amide bonds. The monoisotopic (exact) mass is 471 g/mol. The van der Waals surface area contributed by atoms with Crippen molar-refractivity contribution in [3.8, 4) is 0 Å². The maximum absolute atomic E-state index is 13.6. The summed E-state index contributed by atoms with van der Waals surface area (Å²) in [7, 11) is 3.47. The zero-order chi connectivity index (χ0) is 25.5. The van der Waals surface area contributed by atoms with E-state index in [-0.39, 0.29) is 34.8 Å². The van der Waals surface area contributed by atoms with E-state index in [0.29, 0.717) is 6.42 Å². The number of rotatable bonds is 11. The van der Waals surface area contributed by atoms with Crippen LogP contribution in [0.2, 0.25) is 0 Å². The Bertz CT molecular complexity index is 875. The van der Waals surface area contributed by atoms with Crippen molar-refractivity contribution >= 4 is 17.8 Å². The topological polar surface area (TPSA) is 98.7 Å². The van der Waals surface area contributed by atoms with Crippen LogP contribution in [0, 0.1) is 5.92 Å². The van der Waals surface area contributed by atoms with E-state index in [1.165, 1.54) is 6.92 Å². The number of hydrogen-bond donors (Lipinski definition) is 3. The van der Waals surface area contributed by atoms with Gasteiger partial charge in [-0.25, -0.2) is 4.79 Å². The number of amides is 2. The highest BCUT2D eigenvalue weighted by molar-refractivity contribution is 5.91. The molecule has 1 aliphatic rings. The second-order valence-corrected chi connectivity index (χ2v) is 9.76. The molecule has 0 radical (unpaired) electrons. The van der Waals surface area contributed by atoms with Crippen molar-refractivity contribution in [2.24, 2.45) is 5.92 Å². The summed E-state index contributed by atoms with van der Waals surface area (Å²) in [5.41, 5.74) is 1.03. The number of carboxylic acid groups (broad SMARTS) is 1. The van der Waals surface area contributed by atoms with Crippen molar-refractivity contribution in [2.75, 3.05) is 14.1 Å². The molecular weight excluding hydrogens is 430 g/mol. The lowest BCUT2D eigenvalue weighted by molar-refractivity contribution is -0.138. The first kappa shape index (κ1) is 27.6. The van der Waals surface area contributed by atoms with Crippen molar-refractivity contribution in [3.63, 3.8) is 0 Å². The van der Waals surface area contributed by atoms with Crippen LogP contribution in [-0.2, 0) is 19.8 Å². The molecule has 0 heterocycles. The summed E-state index contributed by atoms with van der Waals surface area (Å²) in [5, 5.41) is 15.5. The van der Waals surface area contributed by atoms with Crippen LogP contribution < -0.4 is 10.6 Å². The van der Waals surface area contributed by atoms with Gasteiger partial charge < -0.3 is 20.6 Å². The third-order valence-electron chi connectivity index (χ3n) is 7.21. The summed E-state index contributed by atoms with van der Waals surface area (Å²) in [6, 6.07) is 8.63. The molecule has 3 N–H and O–H groups in total. The van der Waals surface area contributed by atoms with E-state index in [0.717, 1.165) is 31.2 Å². The van der Waals surface area contributed by atoms with Crippen LogP contribution in [0.3, 0.4) is 0 Å². The van der Waals surface area contributed by atoms with Crippen LogP contribution in [0.1, 0.15) is 65.4 Å². The van der Waals surface area contributed by atoms with Crippen molar-refractivity contribution in [2.45, 2.75) is 83.3 Å². The first-order valence-electron chi connectivity index (χ1n) is 12.3. The Morgan fingerprint density at radius 3 is 2.21 bits per heavy atom. The molecule has 7 heteroatoms. The molecular formula is C27H41N3O4. The van der Waals surface area contributed by atoms with Crippen molar-refractivity contribution < 1.29 is 19.5 Å². The van der Waals surface area contributed by atoms with Gasteiger partial charge in [0, 0.05) is 18.0 Å². The summed E-state index contributed by atoms with van der Waals surface area (Å²) in [6.07, 6.45) is 5.99. The Morgan fingerprint density at radius 1 is 1.15 bits per heavy atom. The van der Waals surface area contributed by atoms with E-state index in [2.05, 4.69) is 22.8 Å². The van der Waals surface area contributed by atoms with Crippen LogP contribution in [0.15, 0.2) is 42.0 Å². The van der Waals surface area contributed by atoms with E-state index in [9.17, 15) is 19.5 Å². The van der Waals surface area contributed by atoms with Crippen LogP contribution in [0.25, 0.3) is 0 Å². The number of nitrogens with zero attached hydrogens (tertiary/aromatic N) is 1. The first-order valence-corrected chi connectivity index (χ1v) is 12.3. The molecule has 7 nitrogen and oxygen atoms in total. The summed E-state index contributed by atoms with van der Waals surface area (Å²) < 4.78 is 0. The Balaban J connectivity index is 2.26. The quantitative estimate of drug-likeness (QED) is 0.429. The van der Waals surface area contributed by atoms with Crippen molar-refractivity contribution in [1.82, 2.24) is 15.5 Å². The molecule has 34 heavy (non-hydrogen) atoms. The van der Waals surface area contributed by atoms with Gasteiger partial charge in [-0.05, 0) is 44.7 Å².